The molecule has 24 heavy (non-hydrogen) atoms. The van der Waals surface area contributed by atoms with Crippen molar-refractivity contribution in [3.8, 4) is 0 Å². The lowest BCUT2D eigenvalue weighted by atomic mass is 10.2. The van der Waals surface area contributed by atoms with Gasteiger partial charge < -0.3 is 5.11 Å². The smallest absolute Gasteiger partial charge is 0.320 e. The second-order valence-corrected chi connectivity index (χ2v) is 8.00. The molecule has 7 nitrogen and oxygen atoms in total. The van der Waals surface area contributed by atoms with Gasteiger partial charge in [0, 0.05) is 24.2 Å². The number of nitrogens with one attached hydrogen (secondary N) is 1. The van der Waals surface area contributed by atoms with E-state index in [1.54, 1.807) is 11.0 Å². The van der Waals surface area contributed by atoms with Crippen LogP contribution in [0.1, 0.15) is 37.6 Å². The molecule has 2 atom stereocenters. The summed E-state index contributed by atoms with van der Waals surface area (Å²) in [6.07, 6.45) is 0.207. The standard InChI is InChI=1S/C16H22N2O5S/c1-10(2)18-9-13(8-15(18)16(20)21)17-24(22,23)14-6-4-5-12(7-14)11(3)19/h4-7,10,13,15,17H,8-9H2,1-3H3,(H,20,21)/t13-,15+/m1/s1. The average Bonchev–Trinajstić information content (AvgIpc) is 2.91. The van der Waals surface area contributed by atoms with E-state index in [0.29, 0.717) is 12.1 Å². The minimum Gasteiger partial charge on any atom is -0.480 e. The molecule has 1 heterocycles. The Morgan fingerprint density at radius 3 is 2.50 bits per heavy atom. The number of likely N-dealkylation sites (tertiary alicyclic amines) is 1. The third kappa shape index (κ3) is 4.00. The van der Waals surface area contributed by atoms with E-state index >= 15 is 0 Å². The van der Waals surface area contributed by atoms with Crippen molar-refractivity contribution < 1.29 is 23.1 Å². The number of carboxylic acid groups (broad SMARTS) is 1. The zero-order valence-corrected chi connectivity index (χ0v) is 14.7. The highest BCUT2D eigenvalue weighted by Gasteiger charge is 2.39. The Morgan fingerprint density at radius 1 is 1.33 bits per heavy atom. The van der Waals surface area contributed by atoms with Crippen molar-refractivity contribution in [1.82, 2.24) is 9.62 Å². The van der Waals surface area contributed by atoms with Gasteiger partial charge in [-0.2, -0.15) is 0 Å². The van der Waals surface area contributed by atoms with Crippen molar-refractivity contribution in [3.05, 3.63) is 29.8 Å². The van der Waals surface area contributed by atoms with E-state index in [4.69, 9.17) is 0 Å². The van der Waals surface area contributed by atoms with Gasteiger partial charge >= 0.3 is 5.97 Å². The molecule has 1 aromatic carbocycles. The van der Waals surface area contributed by atoms with E-state index in [2.05, 4.69) is 4.72 Å². The van der Waals surface area contributed by atoms with Crippen LogP contribution in [0.15, 0.2) is 29.2 Å². The van der Waals surface area contributed by atoms with Crippen LogP contribution in [0.2, 0.25) is 0 Å². The van der Waals surface area contributed by atoms with Gasteiger partial charge in [0.25, 0.3) is 0 Å². The monoisotopic (exact) mass is 354 g/mol. The molecule has 2 N–H and O–H groups in total. The fourth-order valence-electron chi connectivity index (χ4n) is 2.93. The lowest BCUT2D eigenvalue weighted by Crippen LogP contribution is -2.41. The molecule has 8 heteroatoms. The summed E-state index contributed by atoms with van der Waals surface area (Å²) >= 11 is 0. The third-order valence-electron chi connectivity index (χ3n) is 4.16. The Balaban J connectivity index is 2.19. The molecule has 1 saturated heterocycles. The molecule has 1 fully saturated rings. The summed E-state index contributed by atoms with van der Waals surface area (Å²) in [6.45, 7) is 5.46. The predicted molar refractivity (Wildman–Crippen MR) is 88.4 cm³/mol. The highest BCUT2D eigenvalue weighted by Crippen LogP contribution is 2.23. The van der Waals surface area contributed by atoms with Crippen LogP contribution < -0.4 is 4.72 Å². The average molecular weight is 354 g/mol. The minimum atomic E-state index is -3.82. The summed E-state index contributed by atoms with van der Waals surface area (Å²) in [6, 6.07) is 4.62. The number of Topliss-reactive ketones (excluding diaryl/α,β-unsaturated/α-hetero) is 1. The molecule has 0 bridgehead atoms. The quantitative estimate of drug-likeness (QED) is 0.742. The van der Waals surface area contributed by atoms with Crippen molar-refractivity contribution >= 4 is 21.8 Å². The van der Waals surface area contributed by atoms with Gasteiger partial charge in [0.2, 0.25) is 10.0 Å². The molecule has 0 saturated carbocycles. The number of ketones is 1. The number of carbonyl (C=O) groups is 2. The van der Waals surface area contributed by atoms with E-state index in [1.165, 1.54) is 25.1 Å². The summed E-state index contributed by atoms with van der Waals surface area (Å²) in [5.74, 6) is -1.17. The number of rotatable bonds is 6. The molecule has 0 amide bonds. The molecular weight excluding hydrogens is 332 g/mol. The molecule has 0 unspecified atom stereocenters. The first kappa shape index (κ1) is 18.6. The predicted octanol–water partition coefficient (Wildman–Crippen LogP) is 1.10. The highest BCUT2D eigenvalue weighted by molar-refractivity contribution is 7.89. The number of carboxylic acids is 1. The first-order valence-electron chi connectivity index (χ1n) is 7.73. The summed E-state index contributed by atoms with van der Waals surface area (Å²) in [4.78, 5) is 24.5. The number of nitrogens with zero attached hydrogens (tertiary/aromatic N) is 1. The van der Waals surface area contributed by atoms with Gasteiger partial charge in [-0.05, 0) is 39.3 Å². The maximum atomic E-state index is 12.5. The summed E-state index contributed by atoms with van der Waals surface area (Å²) in [5.41, 5.74) is 0.316. The molecule has 0 aliphatic carbocycles. The maximum absolute atomic E-state index is 12.5. The fourth-order valence-corrected chi connectivity index (χ4v) is 4.22. The summed E-state index contributed by atoms with van der Waals surface area (Å²) in [5, 5.41) is 9.31. The fraction of sp³-hybridized carbons (Fsp3) is 0.500. The second kappa shape index (κ2) is 7.00. The minimum absolute atomic E-state index is 0.00152. The van der Waals surface area contributed by atoms with E-state index in [1.807, 2.05) is 13.8 Å². The van der Waals surface area contributed by atoms with Crippen molar-refractivity contribution in [2.75, 3.05) is 6.54 Å². The Bertz CT molecular complexity index is 745. The zero-order valence-electron chi connectivity index (χ0n) is 13.9. The van der Waals surface area contributed by atoms with Crippen LogP contribution in [0.5, 0.6) is 0 Å². The molecule has 132 valence electrons. The molecule has 1 aliphatic heterocycles. The molecule has 0 radical (unpaired) electrons. The molecule has 1 aliphatic rings. The lowest BCUT2D eigenvalue weighted by Gasteiger charge is -2.25. The second-order valence-electron chi connectivity index (χ2n) is 6.28. The van der Waals surface area contributed by atoms with Crippen molar-refractivity contribution in [1.29, 1.82) is 0 Å². The normalized spacial score (nSPS) is 22.0. The number of hydrogen-bond donors (Lipinski definition) is 2. The van der Waals surface area contributed by atoms with Crippen LogP contribution in [0, 0.1) is 0 Å². The molecule has 2 rings (SSSR count). The van der Waals surface area contributed by atoms with Gasteiger partial charge in [-0.25, -0.2) is 13.1 Å². The van der Waals surface area contributed by atoms with Crippen molar-refractivity contribution in [2.24, 2.45) is 0 Å². The number of aliphatic carboxylic acids is 1. The number of benzene rings is 1. The van der Waals surface area contributed by atoms with E-state index in [-0.39, 0.29) is 23.1 Å². The molecular formula is C16H22N2O5S. The van der Waals surface area contributed by atoms with Crippen LogP contribution >= 0.6 is 0 Å². The number of hydrogen-bond acceptors (Lipinski definition) is 5. The van der Waals surface area contributed by atoms with Gasteiger partial charge in [-0.15, -0.1) is 0 Å². The Morgan fingerprint density at radius 2 is 2.00 bits per heavy atom. The lowest BCUT2D eigenvalue weighted by molar-refractivity contribution is -0.142. The Kier molecular flexibility index (Phi) is 5.42. The van der Waals surface area contributed by atoms with Crippen LogP contribution in [-0.2, 0) is 14.8 Å². The van der Waals surface area contributed by atoms with E-state index in [0.717, 1.165) is 0 Å². The van der Waals surface area contributed by atoms with Crippen molar-refractivity contribution in [3.63, 3.8) is 0 Å². The van der Waals surface area contributed by atoms with Crippen LogP contribution in [0.4, 0.5) is 0 Å². The first-order valence-corrected chi connectivity index (χ1v) is 9.22. The Hall–Kier alpha value is -1.77. The number of sulfonamides is 1. The van der Waals surface area contributed by atoms with Crippen LogP contribution in [0.3, 0.4) is 0 Å². The summed E-state index contributed by atoms with van der Waals surface area (Å²) in [7, 11) is -3.82. The molecule has 0 spiro atoms. The van der Waals surface area contributed by atoms with Crippen LogP contribution in [0.25, 0.3) is 0 Å². The van der Waals surface area contributed by atoms with Gasteiger partial charge in [0.05, 0.1) is 4.90 Å². The Labute approximate surface area is 141 Å². The van der Waals surface area contributed by atoms with Gasteiger partial charge in [-0.1, -0.05) is 12.1 Å². The van der Waals surface area contributed by atoms with Crippen LogP contribution in [-0.4, -0.2) is 54.8 Å². The van der Waals surface area contributed by atoms with Gasteiger partial charge in [-0.3, -0.25) is 14.5 Å². The maximum Gasteiger partial charge on any atom is 0.320 e. The molecule has 0 aromatic heterocycles. The van der Waals surface area contributed by atoms with Crippen molar-refractivity contribution in [2.45, 2.75) is 50.2 Å². The van der Waals surface area contributed by atoms with Gasteiger partial charge in [0.15, 0.2) is 5.78 Å². The first-order chi connectivity index (χ1) is 11.1. The summed E-state index contributed by atoms with van der Waals surface area (Å²) < 4.78 is 27.6. The molecule has 1 aromatic rings. The number of carbonyl (C=O) groups excluding carboxylic acids is 1. The van der Waals surface area contributed by atoms with Gasteiger partial charge in [0.1, 0.15) is 6.04 Å². The zero-order chi connectivity index (χ0) is 18.1. The highest BCUT2D eigenvalue weighted by atomic mass is 32.2. The van der Waals surface area contributed by atoms with E-state index in [9.17, 15) is 23.1 Å². The largest absolute Gasteiger partial charge is 0.480 e. The van der Waals surface area contributed by atoms with E-state index < -0.39 is 28.1 Å². The topological polar surface area (TPSA) is 104 Å². The SMILES string of the molecule is CC(=O)c1cccc(S(=O)(=O)N[C@@H]2C[C@@H](C(=O)O)N(C(C)C)C2)c1. The third-order valence-corrected chi connectivity index (χ3v) is 5.68.